The predicted octanol–water partition coefficient (Wildman–Crippen LogP) is 1.73. The first kappa shape index (κ1) is 9.99. The standard InChI is InChI=1S/C11H14N4S/c1-7-11(16-8(2)14-7)9-5-13-10-6-12-3-4-15(9)10/h5,12H,3-4,6H2,1-2H3. The molecule has 2 aromatic heterocycles. The van der Waals surface area contributed by atoms with E-state index in [1.54, 1.807) is 11.3 Å². The molecule has 0 aromatic carbocycles. The van der Waals surface area contributed by atoms with Crippen molar-refractivity contribution in [2.45, 2.75) is 26.9 Å². The Balaban J connectivity index is 2.13. The van der Waals surface area contributed by atoms with Gasteiger partial charge in [0.1, 0.15) is 5.82 Å². The predicted molar refractivity (Wildman–Crippen MR) is 64.5 cm³/mol. The molecule has 1 aliphatic heterocycles. The van der Waals surface area contributed by atoms with E-state index in [-0.39, 0.29) is 0 Å². The summed E-state index contributed by atoms with van der Waals surface area (Å²) in [5.74, 6) is 1.13. The molecule has 0 fully saturated rings. The van der Waals surface area contributed by atoms with Crippen LogP contribution >= 0.6 is 11.3 Å². The second-order valence-electron chi connectivity index (χ2n) is 4.04. The second-order valence-corrected chi connectivity index (χ2v) is 5.24. The summed E-state index contributed by atoms with van der Waals surface area (Å²) >= 11 is 1.75. The molecule has 0 unspecified atom stereocenters. The zero-order chi connectivity index (χ0) is 11.1. The summed E-state index contributed by atoms with van der Waals surface area (Å²) in [6, 6.07) is 0. The number of rotatable bonds is 1. The maximum absolute atomic E-state index is 4.48. The van der Waals surface area contributed by atoms with E-state index in [4.69, 9.17) is 0 Å². The average molecular weight is 234 g/mol. The number of hydrogen-bond donors (Lipinski definition) is 1. The minimum Gasteiger partial charge on any atom is -0.325 e. The van der Waals surface area contributed by atoms with Gasteiger partial charge in [-0.05, 0) is 13.8 Å². The Morgan fingerprint density at radius 3 is 3.06 bits per heavy atom. The van der Waals surface area contributed by atoms with Gasteiger partial charge in [-0.15, -0.1) is 11.3 Å². The third-order valence-electron chi connectivity index (χ3n) is 2.87. The monoisotopic (exact) mass is 234 g/mol. The largest absolute Gasteiger partial charge is 0.325 e. The number of fused-ring (bicyclic) bond motifs is 1. The molecule has 0 radical (unpaired) electrons. The Morgan fingerprint density at radius 2 is 2.31 bits per heavy atom. The van der Waals surface area contributed by atoms with Gasteiger partial charge in [-0.2, -0.15) is 0 Å². The molecule has 0 saturated heterocycles. The van der Waals surface area contributed by atoms with Crippen molar-refractivity contribution in [1.82, 2.24) is 19.9 Å². The van der Waals surface area contributed by atoms with Gasteiger partial charge in [0.2, 0.25) is 0 Å². The fraction of sp³-hybridized carbons (Fsp3) is 0.455. The van der Waals surface area contributed by atoms with Crippen molar-refractivity contribution in [3.8, 4) is 10.6 Å². The van der Waals surface area contributed by atoms with Crippen LogP contribution in [0.15, 0.2) is 6.20 Å². The van der Waals surface area contributed by atoms with E-state index < -0.39 is 0 Å². The lowest BCUT2D eigenvalue weighted by Gasteiger charge is -2.17. The maximum Gasteiger partial charge on any atom is 0.123 e. The van der Waals surface area contributed by atoms with Gasteiger partial charge in [0.25, 0.3) is 0 Å². The minimum atomic E-state index is 0.872. The van der Waals surface area contributed by atoms with Gasteiger partial charge in [0, 0.05) is 13.1 Å². The molecule has 0 spiro atoms. The van der Waals surface area contributed by atoms with Gasteiger partial charge < -0.3 is 9.88 Å². The zero-order valence-corrected chi connectivity index (χ0v) is 10.3. The molecule has 0 amide bonds. The van der Waals surface area contributed by atoms with Crippen molar-refractivity contribution >= 4 is 11.3 Å². The molecule has 4 nitrogen and oxygen atoms in total. The normalized spacial score (nSPS) is 15.1. The van der Waals surface area contributed by atoms with Crippen LogP contribution in [0.1, 0.15) is 16.5 Å². The topological polar surface area (TPSA) is 42.7 Å². The minimum absolute atomic E-state index is 0.872. The fourth-order valence-corrected chi connectivity index (χ4v) is 3.08. The van der Waals surface area contributed by atoms with Crippen LogP contribution in [0.5, 0.6) is 0 Å². The summed E-state index contributed by atoms with van der Waals surface area (Å²) in [5.41, 5.74) is 2.34. The van der Waals surface area contributed by atoms with Crippen LogP contribution < -0.4 is 5.32 Å². The summed E-state index contributed by atoms with van der Waals surface area (Å²) in [5, 5.41) is 4.45. The first-order valence-electron chi connectivity index (χ1n) is 5.45. The van der Waals surface area contributed by atoms with Crippen LogP contribution in [0, 0.1) is 13.8 Å². The summed E-state index contributed by atoms with van der Waals surface area (Å²) in [6.07, 6.45) is 1.97. The van der Waals surface area contributed by atoms with Crippen molar-refractivity contribution in [3.05, 3.63) is 22.7 Å². The van der Waals surface area contributed by atoms with E-state index in [0.29, 0.717) is 0 Å². The molecule has 0 bridgehead atoms. The van der Waals surface area contributed by atoms with Crippen LogP contribution in [0.3, 0.4) is 0 Å². The lowest BCUT2D eigenvalue weighted by molar-refractivity contribution is 0.508. The summed E-state index contributed by atoms with van der Waals surface area (Å²) in [4.78, 5) is 10.2. The third-order valence-corrected chi connectivity index (χ3v) is 3.97. The van der Waals surface area contributed by atoms with Crippen molar-refractivity contribution in [2.24, 2.45) is 0 Å². The molecule has 2 aromatic rings. The molecule has 84 valence electrons. The van der Waals surface area contributed by atoms with Gasteiger partial charge in [-0.1, -0.05) is 0 Å². The summed E-state index contributed by atoms with van der Waals surface area (Å²) < 4.78 is 2.30. The van der Waals surface area contributed by atoms with E-state index in [9.17, 15) is 0 Å². The molecule has 16 heavy (non-hydrogen) atoms. The van der Waals surface area contributed by atoms with Crippen LogP contribution in [-0.4, -0.2) is 21.1 Å². The Hall–Kier alpha value is -1.20. The molecule has 3 rings (SSSR count). The van der Waals surface area contributed by atoms with Crippen LogP contribution in [0.25, 0.3) is 10.6 Å². The highest BCUT2D eigenvalue weighted by atomic mass is 32.1. The number of hydrogen-bond acceptors (Lipinski definition) is 4. The summed E-state index contributed by atoms with van der Waals surface area (Å²) in [6.45, 7) is 7.02. The molecule has 5 heteroatoms. The highest BCUT2D eigenvalue weighted by Crippen LogP contribution is 2.30. The van der Waals surface area contributed by atoms with Crippen molar-refractivity contribution in [3.63, 3.8) is 0 Å². The Morgan fingerprint density at radius 1 is 1.44 bits per heavy atom. The van der Waals surface area contributed by atoms with Crippen molar-refractivity contribution in [2.75, 3.05) is 6.54 Å². The van der Waals surface area contributed by atoms with Crippen LogP contribution in [-0.2, 0) is 13.1 Å². The lowest BCUT2D eigenvalue weighted by Crippen LogP contribution is -2.28. The molecular formula is C11H14N4S. The molecule has 0 saturated carbocycles. The molecule has 3 heterocycles. The molecule has 0 atom stereocenters. The third kappa shape index (κ3) is 1.47. The van der Waals surface area contributed by atoms with Gasteiger partial charge in [-0.25, -0.2) is 9.97 Å². The highest BCUT2D eigenvalue weighted by Gasteiger charge is 2.17. The average Bonchev–Trinajstić information content (AvgIpc) is 2.81. The highest BCUT2D eigenvalue weighted by molar-refractivity contribution is 7.15. The Labute approximate surface area is 98.4 Å². The van der Waals surface area contributed by atoms with E-state index in [1.165, 1.54) is 10.6 Å². The first-order valence-corrected chi connectivity index (χ1v) is 6.27. The quantitative estimate of drug-likeness (QED) is 0.817. The number of nitrogens with zero attached hydrogens (tertiary/aromatic N) is 3. The summed E-state index contributed by atoms with van der Waals surface area (Å²) in [7, 11) is 0. The van der Waals surface area contributed by atoms with Gasteiger partial charge in [0.05, 0.1) is 34.0 Å². The molecular weight excluding hydrogens is 220 g/mol. The number of nitrogens with one attached hydrogen (secondary N) is 1. The van der Waals surface area contributed by atoms with E-state index in [1.807, 2.05) is 6.20 Å². The van der Waals surface area contributed by atoms with Crippen molar-refractivity contribution < 1.29 is 0 Å². The maximum atomic E-state index is 4.48. The zero-order valence-electron chi connectivity index (χ0n) is 9.45. The first-order chi connectivity index (χ1) is 7.75. The number of aromatic nitrogens is 3. The van der Waals surface area contributed by atoms with Crippen molar-refractivity contribution in [1.29, 1.82) is 0 Å². The number of imidazole rings is 1. The van der Waals surface area contributed by atoms with Gasteiger partial charge >= 0.3 is 0 Å². The Kier molecular flexibility index (Phi) is 2.29. The molecule has 1 N–H and O–H groups in total. The smallest absolute Gasteiger partial charge is 0.123 e. The van der Waals surface area contributed by atoms with Gasteiger partial charge in [-0.3, -0.25) is 0 Å². The van der Waals surface area contributed by atoms with E-state index >= 15 is 0 Å². The van der Waals surface area contributed by atoms with Crippen LogP contribution in [0.4, 0.5) is 0 Å². The SMILES string of the molecule is Cc1nc(C)c(-c2cnc3n2CCNC3)s1. The second kappa shape index (κ2) is 3.68. The number of thiazole rings is 1. The lowest BCUT2D eigenvalue weighted by atomic mass is 10.3. The Bertz CT molecular complexity index is 526. The fourth-order valence-electron chi connectivity index (χ4n) is 2.15. The molecule has 1 aliphatic rings. The number of aryl methyl sites for hydroxylation is 2. The van der Waals surface area contributed by atoms with E-state index in [0.717, 1.165) is 36.2 Å². The van der Waals surface area contributed by atoms with E-state index in [2.05, 4.69) is 33.7 Å². The van der Waals surface area contributed by atoms with Gasteiger partial charge in [0.15, 0.2) is 0 Å². The van der Waals surface area contributed by atoms with Crippen LogP contribution in [0.2, 0.25) is 0 Å². The molecule has 0 aliphatic carbocycles.